The molecule has 11 nitrogen and oxygen atoms in total. The van der Waals surface area contributed by atoms with E-state index in [1.54, 1.807) is 6.07 Å². The lowest BCUT2D eigenvalue weighted by Crippen LogP contribution is -2.35. The molecule has 0 saturated carbocycles. The van der Waals surface area contributed by atoms with Gasteiger partial charge in [0.15, 0.2) is 0 Å². The molecule has 4 rings (SSSR count). The van der Waals surface area contributed by atoms with E-state index in [1.807, 2.05) is 13.8 Å². The second kappa shape index (κ2) is 11.2. The van der Waals surface area contributed by atoms with Crippen LogP contribution < -0.4 is 25.2 Å². The van der Waals surface area contributed by atoms with Crippen LogP contribution in [0.5, 0.6) is 11.9 Å². The number of amides is 1. The fraction of sp³-hybridized carbons (Fsp3) is 0.259. The van der Waals surface area contributed by atoms with Gasteiger partial charge in [-0.3, -0.25) is 19.9 Å². The maximum Gasteiger partial charge on any atom is 0.319 e. The van der Waals surface area contributed by atoms with Crippen molar-refractivity contribution < 1.29 is 18.7 Å². The van der Waals surface area contributed by atoms with Crippen molar-refractivity contribution in [1.82, 2.24) is 14.5 Å². The van der Waals surface area contributed by atoms with Crippen LogP contribution in [0.2, 0.25) is 5.02 Å². The largest absolute Gasteiger partial charge is 0.479 e. The van der Waals surface area contributed by atoms with Crippen molar-refractivity contribution in [3.8, 4) is 18.0 Å². The summed E-state index contributed by atoms with van der Waals surface area (Å²) in [6.07, 6.45) is 2.82. The SMILES string of the molecule is COc1ncc(N/C(=C2\C(=N)C(=O)N(c3cc(Cl)cn(C)c3=O)C2c2ccc(C#N)c(F)c2)C(C)C)c(OC)n1. The molecule has 1 aromatic carbocycles. The molecule has 13 heteroatoms. The lowest BCUT2D eigenvalue weighted by molar-refractivity contribution is -0.112. The van der Waals surface area contributed by atoms with Crippen LogP contribution >= 0.6 is 11.6 Å². The van der Waals surface area contributed by atoms with Gasteiger partial charge in [-0.2, -0.15) is 10.2 Å². The molecule has 1 atom stereocenters. The molecule has 3 heterocycles. The smallest absolute Gasteiger partial charge is 0.319 e. The number of nitriles is 1. The summed E-state index contributed by atoms with van der Waals surface area (Å²) < 4.78 is 26.6. The molecule has 1 fully saturated rings. The normalized spacial score (nSPS) is 16.3. The molecule has 1 aliphatic heterocycles. The van der Waals surface area contributed by atoms with E-state index in [4.69, 9.17) is 26.5 Å². The predicted octanol–water partition coefficient (Wildman–Crippen LogP) is 3.99. The third-order valence-corrected chi connectivity index (χ3v) is 6.50. The number of aryl methyl sites for hydroxylation is 1. The van der Waals surface area contributed by atoms with Crippen molar-refractivity contribution in [2.75, 3.05) is 24.4 Å². The first-order chi connectivity index (χ1) is 19.0. The second-order valence-electron chi connectivity index (χ2n) is 9.15. The quantitative estimate of drug-likeness (QED) is 0.437. The number of hydrogen-bond acceptors (Lipinski definition) is 9. The molecule has 1 amide bonds. The van der Waals surface area contributed by atoms with Crippen LogP contribution in [0.1, 0.15) is 31.0 Å². The molecule has 0 radical (unpaired) electrons. The molecule has 1 unspecified atom stereocenters. The third kappa shape index (κ3) is 4.99. The Labute approximate surface area is 234 Å². The number of benzene rings is 1. The summed E-state index contributed by atoms with van der Waals surface area (Å²) in [6, 6.07) is 5.93. The third-order valence-electron chi connectivity index (χ3n) is 6.30. The molecular weight excluding hydrogens is 541 g/mol. The molecule has 3 aromatic rings. The van der Waals surface area contributed by atoms with Gasteiger partial charge in [0.05, 0.1) is 37.0 Å². The summed E-state index contributed by atoms with van der Waals surface area (Å²) >= 11 is 6.25. The molecule has 2 N–H and O–H groups in total. The fourth-order valence-electron chi connectivity index (χ4n) is 4.44. The number of aromatic nitrogens is 3. The van der Waals surface area contributed by atoms with Gasteiger partial charge in [0, 0.05) is 24.5 Å². The van der Waals surface area contributed by atoms with Crippen LogP contribution in [0.4, 0.5) is 15.8 Å². The Morgan fingerprint density at radius 1 is 1.25 bits per heavy atom. The van der Waals surface area contributed by atoms with Crippen LogP contribution in [-0.4, -0.2) is 40.4 Å². The molecule has 1 aliphatic rings. The molecular formula is C27H25ClFN7O4. The lowest BCUT2D eigenvalue weighted by Gasteiger charge is -2.27. The summed E-state index contributed by atoms with van der Waals surface area (Å²) in [5.41, 5.74) is -0.102. The standard InChI is InChI=1S/C27H25ClFN7O4/c1-13(2)22(33-18-11-32-27(40-5)34-24(18)39-4)20-21(31)26(38)36(19-9-16(28)12-35(3)25(19)37)23(20)14-6-7-15(10-30)17(29)8-14/h6-9,11-13,23,31,33H,1-5H3/b22-20+,31-21?. The molecule has 0 aliphatic carbocycles. The van der Waals surface area contributed by atoms with E-state index in [0.29, 0.717) is 11.4 Å². The van der Waals surface area contributed by atoms with Gasteiger partial charge < -0.3 is 19.4 Å². The zero-order chi connectivity index (χ0) is 29.3. The Morgan fingerprint density at radius 3 is 2.58 bits per heavy atom. The van der Waals surface area contributed by atoms with E-state index in [1.165, 1.54) is 56.4 Å². The first-order valence-corrected chi connectivity index (χ1v) is 12.3. The van der Waals surface area contributed by atoms with Crippen molar-refractivity contribution in [3.63, 3.8) is 0 Å². The monoisotopic (exact) mass is 565 g/mol. The number of nitrogens with zero attached hydrogens (tertiary/aromatic N) is 5. The molecule has 2 aromatic heterocycles. The predicted molar refractivity (Wildman–Crippen MR) is 146 cm³/mol. The van der Waals surface area contributed by atoms with E-state index >= 15 is 0 Å². The highest BCUT2D eigenvalue weighted by atomic mass is 35.5. The van der Waals surface area contributed by atoms with Gasteiger partial charge in [-0.15, -0.1) is 0 Å². The van der Waals surface area contributed by atoms with Crippen LogP contribution in [0.25, 0.3) is 0 Å². The highest BCUT2D eigenvalue weighted by Gasteiger charge is 2.45. The van der Waals surface area contributed by atoms with Crippen LogP contribution in [-0.2, 0) is 11.8 Å². The summed E-state index contributed by atoms with van der Waals surface area (Å²) in [5, 5.41) is 21.5. The minimum atomic E-state index is -1.12. The fourth-order valence-corrected chi connectivity index (χ4v) is 4.69. The number of carbonyl (C=O) groups is 1. The van der Waals surface area contributed by atoms with E-state index in [-0.39, 0.29) is 45.2 Å². The number of methoxy groups -OCH3 is 2. The van der Waals surface area contributed by atoms with Crippen molar-refractivity contribution in [1.29, 1.82) is 10.7 Å². The zero-order valence-corrected chi connectivity index (χ0v) is 23.0. The van der Waals surface area contributed by atoms with Crippen molar-refractivity contribution in [3.05, 3.63) is 80.2 Å². The highest BCUT2D eigenvalue weighted by molar-refractivity contribution is 6.52. The van der Waals surface area contributed by atoms with E-state index in [2.05, 4.69) is 15.3 Å². The minimum Gasteiger partial charge on any atom is -0.479 e. The Balaban J connectivity index is 2.02. The molecule has 1 saturated heterocycles. The number of hydrogen-bond donors (Lipinski definition) is 2. The van der Waals surface area contributed by atoms with Crippen molar-refractivity contribution in [2.45, 2.75) is 19.9 Å². The number of ether oxygens (including phenoxy) is 2. The molecule has 0 spiro atoms. The average Bonchev–Trinajstić information content (AvgIpc) is 3.18. The van der Waals surface area contributed by atoms with E-state index in [9.17, 15) is 19.2 Å². The minimum absolute atomic E-state index is 0.0684. The summed E-state index contributed by atoms with van der Waals surface area (Å²) in [7, 11) is 4.30. The lowest BCUT2D eigenvalue weighted by atomic mass is 9.92. The molecule has 0 bridgehead atoms. The highest BCUT2D eigenvalue weighted by Crippen LogP contribution is 2.42. The number of rotatable bonds is 7. The topological polar surface area (TPSA) is 146 Å². The summed E-state index contributed by atoms with van der Waals surface area (Å²) in [5.74, 6) is -1.78. The van der Waals surface area contributed by atoms with Gasteiger partial charge >= 0.3 is 6.01 Å². The Kier molecular flexibility index (Phi) is 7.88. The molecule has 40 heavy (non-hydrogen) atoms. The van der Waals surface area contributed by atoms with E-state index in [0.717, 1.165) is 11.0 Å². The van der Waals surface area contributed by atoms with Gasteiger partial charge in [-0.05, 0) is 29.7 Å². The van der Waals surface area contributed by atoms with Gasteiger partial charge in [0.1, 0.15) is 29.0 Å². The maximum atomic E-state index is 14.9. The second-order valence-corrected chi connectivity index (χ2v) is 9.59. The Hall–Kier alpha value is -4.76. The van der Waals surface area contributed by atoms with Crippen LogP contribution in [0, 0.1) is 28.5 Å². The number of nitrogens with one attached hydrogen (secondary N) is 2. The summed E-state index contributed by atoms with van der Waals surface area (Å²) in [6.45, 7) is 3.67. The number of pyridine rings is 1. The molecule has 206 valence electrons. The van der Waals surface area contributed by atoms with Gasteiger partial charge in [0.2, 0.25) is 5.88 Å². The van der Waals surface area contributed by atoms with Crippen LogP contribution in [0.15, 0.2) is 52.7 Å². The number of carbonyl (C=O) groups excluding carboxylic acids is 1. The zero-order valence-electron chi connectivity index (χ0n) is 22.2. The van der Waals surface area contributed by atoms with Crippen molar-refractivity contribution >= 4 is 34.6 Å². The number of halogens is 2. The van der Waals surface area contributed by atoms with Gasteiger partial charge in [0.25, 0.3) is 11.5 Å². The summed E-state index contributed by atoms with van der Waals surface area (Å²) in [4.78, 5) is 36.3. The van der Waals surface area contributed by atoms with Crippen molar-refractivity contribution in [2.24, 2.45) is 13.0 Å². The first-order valence-electron chi connectivity index (χ1n) is 12.0. The van der Waals surface area contributed by atoms with Crippen LogP contribution in [0.3, 0.4) is 0 Å². The Bertz CT molecular complexity index is 1660. The number of allylic oxidation sites excluding steroid dienone is 1. The first kappa shape index (κ1) is 28.3. The van der Waals surface area contributed by atoms with Gasteiger partial charge in [-0.25, -0.2) is 9.37 Å². The maximum absolute atomic E-state index is 14.9. The Morgan fingerprint density at radius 2 is 1.98 bits per heavy atom. The van der Waals surface area contributed by atoms with Gasteiger partial charge in [-0.1, -0.05) is 31.5 Å². The van der Waals surface area contributed by atoms with E-state index < -0.39 is 29.0 Å². The average molecular weight is 566 g/mol. The number of anilines is 2.